The number of para-hydroxylation sites is 1. The Kier molecular flexibility index (Phi) is 5.39. The molecule has 0 radical (unpaired) electrons. The summed E-state index contributed by atoms with van der Waals surface area (Å²) in [6.07, 6.45) is 1.52. The van der Waals surface area contributed by atoms with Crippen LogP contribution in [0.2, 0.25) is 0 Å². The smallest absolute Gasteiger partial charge is 0.231 e. The molecule has 0 aliphatic rings. The van der Waals surface area contributed by atoms with E-state index in [9.17, 15) is 4.79 Å². The van der Waals surface area contributed by atoms with Crippen molar-refractivity contribution in [3.05, 3.63) is 27.8 Å². The lowest BCUT2D eigenvalue weighted by atomic mass is 9.81. The maximum atomic E-state index is 12.3. The summed E-state index contributed by atoms with van der Waals surface area (Å²) in [5.41, 5.74) is 6.17. The molecule has 0 aliphatic carbocycles. The van der Waals surface area contributed by atoms with E-state index in [1.807, 2.05) is 38.1 Å². The Labute approximate surface area is 116 Å². The number of hydrogen-bond donors (Lipinski definition) is 2. The normalized spacial score (nSPS) is 11.3. The van der Waals surface area contributed by atoms with Gasteiger partial charge in [-0.05, 0) is 47.6 Å². The molecule has 0 heterocycles. The first-order valence-corrected chi connectivity index (χ1v) is 6.93. The van der Waals surface area contributed by atoms with Crippen molar-refractivity contribution in [1.29, 1.82) is 0 Å². The van der Waals surface area contributed by atoms with Crippen molar-refractivity contribution in [3.8, 4) is 0 Å². The number of benzene rings is 1. The summed E-state index contributed by atoms with van der Waals surface area (Å²) in [5.74, 6) is 0.0223. The predicted molar refractivity (Wildman–Crippen MR) is 79.9 cm³/mol. The van der Waals surface area contributed by atoms with E-state index >= 15 is 0 Å². The molecule has 0 spiro atoms. The van der Waals surface area contributed by atoms with Crippen molar-refractivity contribution < 1.29 is 4.79 Å². The standard InChI is InChI=1S/C13H19IN2O/c1-3-13(4-2,9-15)12(17)16-11-8-6-5-7-10(11)14/h5-8H,3-4,9,15H2,1-2H3,(H,16,17). The van der Waals surface area contributed by atoms with Crippen LogP contribution in [0.1, 0.15) is 26.7 Å². The molecule has 0 saturated heterocycles. The van der Waals surface area contributed by atoms with E-state index in [1.165, 1.54) is 0 Å². The minimum Gasteiger partial charge on any atom is -0.329 e. The summed E-state index contributed by atoms with van der Waals surface area (Å²) < 4.78 is 1.04. The number of carbonyl (C=O) groups is 1. The highest BCUT2D eigenvalue weighted by atomic mass is 127. The van der Waals surface area contributed by atoms with Gasteiger partial charge in [0.05, 0.1) is 11.1 Å². The second kappa shape index (κ2) is 6.35. The van der Waals surface area contributed by atoms with Crippen LogP contribution in [0.3, 0.4) is 0 Å². The van der Waals surface area contributed by atoms with Crippen LogP contribution >= 0.6 is 22.6 Å². The Balaban J connectivity index is 2.88. The van der Waals surface area contributed by atoms with Gasteiger partial charge < -0.3 is 11.1 Å². The first-order chi connectivity index (χ1) is 8.09. The zero-order chi connectivity index (χ0) is 12.9. The molecular weight excluding hydrogens is 327 g/mol. The summed E-state index contributed by atoms with van der Waals surface area (Å²) >= 11 is 2.21. The van der Waals surface area contributed by atoms with Gasteiger partial charge in [-0.25, -0.2) is 0 Å². The third-order valence-corrected chi connectivity index (χ3v) is 4.29. The third-order valence-electron chi connectivity index (χ3n) is 3.35. The Morgan fingerprint density at radius 2 is 1.94 bits per heavy atom. The minimum atomic E-state index is -0.446. The van der Waals surface area contributed by atoms with Gasteiger partial charge in [-0.15, -0.1) is 0 Å². The van der Waals surface area contributed by atoms with Crippen molar-refractivity contribution in [2.45, 2.75) is 26.7 Å². The number of anilines is 1. The van der Waals surface area contributed by atoms with Crippen molar-refractivity contribution in [1.82, 2.24) is 0 Å². The molecular formula is C13H19IN2O. The number of carbonyl (C=O) groups excluding carboxylic acids is 1. The Morgan fingerprint density at radius 1 is 1.35 bits per heavy atom. The molecule has 3 nitrogen and oxygen atoms in total. The predicted octanol–water partition coefficient (Wildman–Crippen LogP) is 2.99. The molecule has 0 aliphatic heterocycles. The van der Waals surface area contributed by atoms with Crippen LogP contribution in [0, 0.1) is 8.99 Å². The maximum Gasteiger partial charge on any atom is 0.231 e. The van der Waals surface area contributed by atoms with Crippen LogP contribution in [0.15, 0.2) is 24.3 Å². The van der Waals surface area contributed by atoms with Crippen LogP contribution in [-0.4, -0.2) is 12.5 Å². The number of amides is 1. The van der Waals surface area contributed by atoms with Crippen LogP contribution in [0.4, 0.5) is 5.69 Å². The van der Waals surface area contributed by atoms with Crippen molar-refractivity contribution in [3.63, 3.8) is 0 Å². The molecule has 1 aromatic carbocycles. The Morgan fingerprint density at radius 3 is 2.41 bits per heavy atom. The first-order valence-electron chi connectivity index (χ1n) is 5.85. The van der Waals surface area contributed by atoms with Crippen molar-refractivity contribution in [2.24, 2.45) is 11.1 Å². The summed E-state index contributed by atoms with van der Waals surface area (Å²) in [4.78, 5) is 12.3. The molecule has 1 rings (SSSR count). The van der Waals surface area contributed by atoms with Crippen LogP contribution in [0.5, 0.6) is 0 Å². The number of halogens is 1. The topological polar surface area (TPSA) is 55.1 Å². The van der Waals surface area contributed by atoms with E-state index in [-0.39, 0.29) is 5.91 Å². The summed E-state index contributed by atoms with van der Waals surface area (Å²) in [6.45, 7) is 4.40. The highest BCUT2D eigenvalue weighted by molar-refractivity contribution is 14.1. The lowest BCUT2D eigenvalue weighted by molar-refractivity contribution is -0.125. The molecule has 1 aromatic rings. The lowest BCUT2D eigenvalue weighted by Gasteiger charge is -2.28. The second-order valence-electron chi connectivity index (χ2n) is 4.13. The number of nitrogens with two attached hydrogens (primary N) is 1. The van der Waals surface area contributed by atoms with Crippen LogP contribution in [-0.2, 0) is 4.79 Å². The van der Waals surface area contributed by atoms with Gasteiger partial charge in [-0.2, -0.15) is 0 Å². The molecule has 0 fully saturated rings. The van der Waals surface area contributed by atoms with Gasteiger partial charge in [0, 0.05) is 10.1 Å². The number of hydrogen-bond acceptors (Lipinski definition) is 2. The quantitative estimate of drug-likeness (QED) is 0.806. The monoisotopic (exact) mass is 346 g/mol. The Hall–Kier alpha value is -0.620. The van der Waals surface area contributed by atoms with Gasteiger partial charge in [-0.3, -0.25) is 4.79 Å². The SMILES string of the molecule is CCC(CC)(CN)C(=O)Nc1ccccc1I. The average molecular weight is 346 g/mol. The highest BCUT2D eigenvalue weighted by Crippen LogP contribution is 2.28. The van der Waals surface area contributed by atoms with Crippen LogP contribution in [0.25, 0.3) is 0 Å². The fourth-order valence-corrected chi connectivity index (χ4v) is 2.29. The molecule has 17 heavy (non-hydrogen) atoms. The summed E-state index contributed by atoms with van der Waals surface area (Å²) in [5, 5.41) is 2.98. The molecule has 0 atom stereocenters. The van der Waals surface area contributed by atoms with E-state index in [1.54, 1.807) is 0 Å². The molecule has 1 amide bonds. The number of nitrogens with one attached hydrogen (secondary N) is 1. The Bertz CT molecular complexity index is 380. The van der Waals surface area contributed by atoms with Gasteiger partial charge in [-0.1, -0.05) is 26.0 Å². The molecule has 4 heteroatoms. The second-order valence-corrected chi connectivity index (χ2v) is 5.29. The highest BCUT2D eigenvalue weighted by Gasteiger charge is 2.33. The zero-order valence-corrected chi connectivity index (χ0v) is 12.5. The van der Waals surface area contributed by atoms with E-state index in [0.29, 0.717) is 6.54 Å². The van der Waals surface area contributed by atoms with E-state index < -0.39 is 5.41 Å². The van der Waals surface area contributed by atoms with E-state index in [0.717, 1.165) is 22.1 Å². The summed E-state index contributed by atoms with van der Waals surface area (Å²) in [6, 6.07) is 7.75. The number of rotatable bonds is 5. The van der Waals surface area contributed by atoms with E-state index in [2.05, 4.69) is 27.9 Å². The average Bonchev–Trinajstić information content (AvgIpc) is 2.35. The molecule has 0 unspecified atom stereocenters. The van der Waals surface area contributed by atoms with Crippen molar-refractivity contribution in [2.75, 3.05) is 11.9 Å². The lowest BCUT2D eigenvalue weighted by Crippen LogP contribution is -2.41. The van der Waals surface area contributed by atoms with Gasteiger partial charge in [0.1, 0.15) is 0 Å². The van der Waals surface area contributed by atoms with Crippen LogP contribution < -0.4 is 11.1 Å². The third kappa shape index (κ3) is 3.19. The van der Waals surface area contributed by atoms with Gasteiger partial charge in [0.15, 0.2) is 0 Å². The summed E-state index contributed by atoms with van der Waals surface area (Å²) in [7, 11) is 0. The minimum absolute atomic E-state index is 0.0223. The van der Waals surface area contributed by atoms with Gasteiger partial charge in [0.2, 0.25) is 5.91 Å². The fraction of sp³-hybridized carbons (Fsp3) is 0.462. The van der Waals surface area contributed by atoms with Gasteiger partial charge >= 0.3 is 0 Å². The van der Waals surface area contributed by atoms with E-state index in [4.69, 9.17) is 5.73 Å². The first kappa shape index (κ1) is 14.4. The van der Waals surface area contributed by atoms with Crippen molar-refractivity contribution >= 4 is 34.2 Å². The molecule has 0 saturated carbocycles. The maximum absolute atomic E-state index is 12.3. The zero-order valence-electron chi connectivity index (χ0n) is 10.3. The molecule has 3 N–H and O–H groups in total. The molecule has 0 bridgehead atoms. The molecule has 0 aromatic heterocycles. The molecule has 94 valence electrons. The van der Waals surface area contributed by atoms with Gasteiger partial charge in [0.25, 0.3) is 0 Å². The largest absolute Gasteiger partial charge is 0.329 e. The fourth-order valence-electron chi connectivity index (χ4n) is 1.77.